The number of ketones is 1. The van der Waals surface area contributed by atoms with E-state index in [1.807, 2.05) is 18.7 Å². The molecule has 120 valence electrons. The Labute approximate surface area is 126 Å². The molecule has 21 heavy (non-hydrogen) atoms. The van der Waals surface area contributed by atoms with Crippen molar-refractivity contribution in [2.75, 3.05) is 13.1 Å². The van der Waals surface area contributed by atoms with E-state index in [9.17, 15) is 14.4 Å². The second-order valence-corrected chi connectivity index (χ2v) is 6.21. The molecule has 1 aliphatic carbocycles. The number of Topliss-reactive ketones (excluding diaryl/α,β-unsaturated/α-hetero) is 1. The van der Waals surface area contributed by atoms with Gasteiger partial charge in [0.05, 0.1) is 19.1 Å². The lowest BCUT2D eigenvalue weighted by atomic mass is 10.0. The van der Waals surface area contributed by atoms with Crippen molar-refractivity contribution in [1.82, 2.24) is 10.2 Å². The molecule has 0 spiro atoms. The summed E-state index contributed by atoms with van der Waals surface area (Å²) < 4.78 is 0. The van der Waals surface area contributed by atoms with Crippen LogP contribution in [0.1, 0.15) is 46.5 Å². The lowest BCUT2D eigenvalue weighted by Crippen LogP contribution is -2.50. The van der Waals surface area contributed by atoms with Crippen LogP contribution in [0.5, 0.6) is 0 Å². The SMILES string of the molecule is CC(=O)C(NC(=O)CN(CC(N)=O)C1CCCC1)C(C)C. The summed E-state index contributed by atoms with van der Waals surface area (Å²) in [5.74, 6) is -0.665. The highest BCUT2D eigenvalue weighted by molar-refractivity contribution is 5.88. The Morgan fingerprint density at radius 2 is 1.76 bits per heavy atom. The summed E-state index contributed by atoms with van der Waals surface area (Å²) in [7, 11) is 0. The number of hydrogen-bond acceptors (Lipinski definition) is 4. The maximum absolute atomic E-state index is 12.2. The number of carbonyl (C=O) groups is 3. The second-order valence-electron chi connectivity index (χ2n) is 6.21. The standard InChI is InChI=1S/C15H27N3O3/c1-10(2)15(11(3)19)17-14(21)9-18(8-13(16)20)12-6-4-5-7-12/h10,12,15H,4-9H2,1-3H3,(H2,16,20)(H,17,21). The van der Waals surface area contributed by atoms with E-state index in [2.05, 4.69) is 5.32 Å². The monoisotopic (exact) mass is 297 g/mol. The molecule has 6 heteroatoms. The van der Waals surface area contributed by atoms with E-state index in [0.717, 1.165) is 25.7 Å². The zero-order chi connectivity index (χ0) is 16.0. The molecule has 1 fully saturated rings. The number of amides is 2. The Kier molecular flexibility index (Phi) is 6.81. The number of carbonyl (C=O) groups excluding carboxylic acids is 3. The van der Waals surface area contributed by atoms with Crippen molar-refractivity contribution < 1.29 is 14.4 Å². The van der Waals surface area contributed by atoms with Crippen LogP contribution in [-0.2, 0) is 14.4 Å². The van der Waals surface area contributed by atoms with Crippen molar-refractivity contribution in [1.29, 1.82) is 0 Å². The number of nitrogens with one attached hydrogen (secondary N) is 1. The lowest BCUT2D eigenvalue weighted by Gasteiger charge is -2.28. The number of nitrogens with zero attached hydrogens (tertiary/aromatic N) is 1. The van der Waals surface area contributed by atoms with Crippen LogP contribution >= 0.6 is 0 Å². The topological polar surface area (TPSA) is 92.5 Å². The highest BCUT2D eigenvalue weighted by Gasteiger charge is 2.27. The quantitative estimate of drug-likeness (QED) is 0.680. The van der Waals surface area contributed by atoms with E-state index in [0.29, 0.717) is 0 Å². The Bertz CT molecular complexity index is 390. The predicted octanol–water partition coefficient (Wildman–Crippen LogP) is 0.446. The molecule has 1 unspecified atom stereocenters. The molecule has 1 aliphatic rings. The Morgan fingerprint density at radius 3 is 2.19 bits per heavy atom. The molecule has 0 saturated heterocycles. The summed E-state index contributed by atoms with van der Waals surface area (Å²) in [5.41, 5.74) is 5.27. The van der Waals surface area contributed by atoms with Gasteiger partial charge in [0.1, 0.15) is 0 Å². The molecule has 1 saturated carbocycles. The average molecular weight is 297 g/mol. The smallest absolute Gasteiger partial charge is 0.234 e. The summed E-state index contributed by atoms with van der Waals surface area (Å²) in [6.07, 6.45) is 4.20. The van der Waals surface area contributed by atoms with Gasteiger partial charge in [0.2, 0.25) is 11.8 Å². The van der Waals surface area contributed by atoms with Gasteiger partial charge in [0.25, 0.3) is 0 Å². The normalized spacial score (nSPS) is 17.2. The molecule has 1 atom stereocenters. The van der Waals surface area contributed by atoms with Crippen molar-refractivity contribution >= 4 is 17.6 Å². The van der Waals surface area contributed by atoms with E-state index in [4.69, 9.17) is 5.73 Å². The van der Waals surface area contributed by atoms with Crippen molar-refractivity contribution in [3.8, 4) is 0 Å². The Balaban J connectivity index is 2.62. The first-order valence-corrected chi connectivity index (χ1v) is 7.63. The third kappa shape index (κ3) is 5.83. The molecule has 3 N–H and O–H groups in total. The Morgan fingerprint density at radius 1 is 1.19 bits per heavy atom. The van der Waals surface area contributed by atoms with Crippen LogP contribution in [0.15, 0.2) is 0 Å². The first-order chi connectivity index (χ1) is 9.81. The van der Waals surface area contributed by atoms with Gasteiger partial charge in [-0.3, -0.25) is 19.3 Å². The summed E-state index contributed by atoms with van der Waals surface area (Å²) >= 11 is 0. The minimum atomic E-state index is -0.475. The van der Waals surface area contributed by atoms with Gasteiger partial charge in [0, 0.05) is 6.04 Å². The van der Waals surface area contributed by atoms with Crippen LogP contribution in [-0.4, -0.2) is 47.7 Å². The van der Waals surface area contributed by atoms with Crippen LogP contribution in [0.3, 0.4) is 0 Å². The van der Waals surface area contributed by atoms with Gasteiger partial charge in [-0.2, -0.15) is 0 Å². The highest BCUT2D eigenvalue weighted by atomic mass is 16.2. The number of primary amides is 1. The first kappa shape index (κ1) is 17.6. The van der Waals surface area contributed by atoms with Crippen LogP contribution < -0.4 is 11.1 Å². The fraction of sp³-hybridized carbons (Fsp3) is 0.800. The molecule has 2 amide bonds. The molecule has 0 bridgehead atoms. The van der Waals surface area contributed by atoms with E-state index in [1.165, 1.54) is 6.92 Å². The molecule has 0 radical (unpaired) electrons. The van der Waals surface area contributed by atoms with Crippen molar-refractivity contribution in [3.63, 3.8) is 0 Å². The molecule has 1 rings (SSSR count). The summed E-state index contributed by atoms with van der Waals surface area (Å²) in [4.78, 5) is 36.7. The summed E-state index contributed by atoms with van der Waals surface area (Å²) in [6.45, 7) is 5.46. The van der Waals surface area contributed by atoms with Gasteiger partial charge in [-0.15, -0.1) is 0 Å². The summed E-state index contributed by atoms with van der Waals surface area (Å²) in [6, 6.07) is -0.241. The second kappa shape index (κ2) is 8.12. The first-order valence-electron chi connectivity index (χ1n) is 7.63. The molecule has 0 heterocycles. The number of hydrogen-bond donors (Lipinski definition) is 2. The highest BCUT2D eigenvalue weighted by Crippen LogP contribution is 2.23. The van der Waals surface area contributed by atoms with Gasteiger partial charge in [-0.05, 0) is 25.7 Å². The van der Waals surface area contributed by atoms with Crippen LogP contribution in [0.25, 0.3) is 0 Å². The maximum Gasteiger partial charge on any atom is 0.234 e. The molecule has 0 aromatic carbocycles. The van der Waals surface area contributed by atoms with E-state index in [-0.39, 0.29) is 36.7 Å². The van der Waals surface area contributed by atoms with Gasteiger partial charge in [0.15, 0.2) is 5.78 Å². The molecular weight excluding hydrogens is 270 g/mol. The van der Waals surface area contributed by atoms with Gasteiger partial charge < -0.3 is 11.1 Å². The summed E-state index contributed by atoms with van der Waals surface area (Å²) in [5, 5.41) is 2.76. The third-order valence-corrected chi connectivity index (χ3v) is 3.97. The average Bonchev–Trinajstić information content (AvgIpc) is 2.87. The van der Waals surface area contributed by atoms with Gasteiger partial charge in [-0.1, -0.05) is 26.7 Å². The van der Waals surface area contributed by atoms with Gasteiger partial charge in [-0.25, -0.2) is 0 Å². The Hall–Kier alpha value is -1.43. The van der Waals surface area contributed by atoms with Crippen LogP contribution in [0, 0.1) is 5.92 Å². The molecule has 6 nitrogen and oxygen atoms in total. The van der Waals surface area contributed by atoms with E-state index < -0.39 is 11.9 Å². The number of nitrogens with two attached hydrogens (primary N) is 1. The zero-order valence-corrected chi connectivity index (χ0v) is 13.2. The molecule has 0 aliphatic heterocycles. The maximum atomic E-state index is 12.2. The predicted molar refractivity (Wildman–Crippen MR) is 80.5 cm³/mol. The minimum Gasteiger partial charge on any atom is -0.369 e. The van der Waals surface area contributed by atoms with Crippen molar-refractivity contribution in [3.05, 3.63) is 0 Å². The lowest BCUT2D eigenvalue weighted by molar-refractivity contribution is -0.129. The van der Waals surface area contributed by atoms with E-state index in [1.54, 1.807) is 0 Å². The largest absolute Gasteiger partial charge is 0.369 e. The van der Waals surface area contributed by atoms with Crippen LogP contribution in [0.2, 0.25) is 0 Å². The molecule has 0 aromatic rings. The fourth-order valence-electron chi connectivity index (χ4n) is 2.92. The van der Waals surface area contributed by atoms with Crippen LogP contribution in [0.4, 0.5) is 0 Å². The van der Waals surface area contributed by atoms with Gasteiger partial charge >= 0.3 is 0 Å². The van der Waals surface area contributed by atoms with E-state index >= 15 is 0 Å². The zero-order valence-electron chi connectivity index (χ0n) is 13.2. The van der Waals surface area contributed by atoms with Crippen molar-refractivity contribution in [2.24, 2.45) is 11.7 Å². The fourth-order valence-corrected chi connectivity index (χ4v) is 2.92. The third-order valence-electron chi connectivity index (χ3n) is 3.97. The van der Waals surface area contributed by atoms with Crippen molar-refractivity contribution in [2.45, 2.75) is 58.5 Å². The molecule has 0 aromatic heterocycles. The minimum absolute atomic E-state index is 0.0440. The number of rotatable bonds is 8. The molecular formula is C15H27N3O3.